The second-order valence-electron chi connectivity index (χ2n) is 4.40. The molecular weight excluding hydrogens is 276 g/mol. The monoisotopic (exact) mass is 290 g/mol. The van der Waals surface area contributed by atoms with E-state index in [1.54, 1.807) is 0 Å². The molecule has 0 aliphatic rings. The molecule has 0 amide bonds. The molecule has 0 aliphatic carbocycles. The second-order valence-corrected chi connectivity index (χ2v) is 4.89. The predicted octanol–water partition coefficient (Wildman–Crippen LogP) is 4.47. The van der Waals surface area contributed by atoms with Gasteiger partial charge in [0.15, 0.2) is 5.56 Å². The molecule has 0 saturated heterocycles. The molecule has 1 atom stereocenters. The van der Waals surface area contributed by atoms with Gasteiger partial charge in [-0.2, -0.15) is 0 Å². The lowest BCUT2D eigenvalue weighted by atomic mass is 9.89. The van der Waals surface area contributed by atoms with Crippen LogP contribution in [0.1, 0.15) is 23.5 Å². The minimum atomic E-state index is -1.36. The molecule has 0 radical (unpaired) electrons. The minimum Gasteiger partial charge on any atom is -0.450 e. The van der Waals surface area contributed by atoms with Gasteiger partial charge >= 0.3 is 6.16 Å². The molecule has 1 N–H and O–H groups in total. The summed E-state index contributed by atoms with van der Waals surface area (Å²) >= 11 is 5.97. The standard InChI is InChI=1S/C16H15ClO3/c17-15(20-16(18)19)11-14(12-7-3-1-4-8-12)13-9-5-2-6-10-13/h1-10,14-15H,11H2,(H,18,19). The lowest BCUT2D eigenvalue weighted by Crippen LogP contribution is -2.15. The lowest BCUT2D eigenvalue weighted by molar-refractivity contribution is 0.0762. The Hall–Kier alpha value is -2.00. The number of carboxylic acid groups (broad SMARTS) is 1. The minimum absolute atomic E-state index is 0.000694. The molecule has 0 saturated carbocycles. The van der Waals surface area contributed by atoms with E-state index in [1.165, 1.54) is 0 Å². The number of alkyl halides is 1. The van der Waals surface area contributed by atoms with Crippen molar-refractivity contribution in [3.8, 4) is 0 Å². The summed E-state index contributed by atoms with van der Waals surface area (Å²) in [7, 11) is 0. The summed E-state index contributed by atoms with van der Waals surface area (Å²) in [5.74, 6) is -0.000694. The molecule has 2 aromatic rings. The summed E-state index contributed by atoms with van der Waals surface area (Å²) in [6.07, 6.45) is -0.966. The van der Waals surface area contributed by atoms with E-state index >= 15 is 0 Å². The summed E-state index contributed by atoms with van der Waals surface area (Å²) in [6, 6.07) is 19.7. The summed E-state index contributed by atoms with van der Waals surface area (Å²) < 4.78 is 4.61. The van der Waals surface area contributed by atoms with Crippen LogP contribution in [0.15, 0.2) is 60.7 Å². The predicted molar refractivity (Wildman–Crippen MR) is 78.1 cm³/mol. The molecule has 2 rings (SSSR count). The number of hydrogen-bond donors (Lipinski definition) is 1. The van der Waals surface area contributed by atoms with Crippen LogP contribution in [0.5, 0.6) is 0 Å². The van der Waals surface area contributed by atoms with Crippen molar-refractivity contribution in [3.63, 3.8) is 0 Å². The average Bonchev–Trinajstić information content (AvgIpc) is 2.46. The van der Waals surface area contributed by atoms with Crippen LogP contribution in [0.3, 0.4) is 0 Å². The van der Waals surface area contributed by atoms with Crippen LogP contribution in [0.25, 0.3) is 0 Å². The maximum absolute atomic E-state index is 10.6. The highest BCUT2D eigenvalue weighted by Gasteiger charge is 2.20. The van der Waals surface area contributed by atoms with Gasteiger partial charge in [-0.15, -0.1) is 0 Å². The van der Waals surface area contributed by atoms with Crippen LogP contribution in [-0.4, -0.2) is 16.8 Å². The molecule has 0 aromatic heterocycles. The van der Waals surface area contributed by atoms with Crippen molar-refractivity contribution in [2.75, 3.05) is 0 Å². The Morgan fingerprint density at radius 1 is 1.00 bits per heavy atom. The first-order valence-corrected chi connectivity index (χ1v) is 6.74. The molecule has 4 heteroatoms. The molecule has 0 bridgehead atoms. The van der Waals surface area contributed by atoms with E-state index in [9.17, 15) is 4.79 Å². The molecule has 20 heavy (non-hydrogen) atoms. The van der Waals surface area contributed by atoms with Crippen molar-refractivity contribution < 1.29 is 14.6 Å². The van der Waals surface area contributed by atoms with Crippen molar-refractivity contribution in [1.29, 1.82) is 0 Å². The first kappa shape index (κ1) is 14.4. The van der Waals surface area contributed by atoms with Crippen LogP contribution in [-0.2, 0) is 4.74 Å². The molecule has 3 nitrogen and oxygen atoms in total. The van der Waals surface area contributed by atoms with Gasteiger partial charge < -0.3 is 9.84 Å². The third kappa shape index (κ3) is 4.00. The maximum Gasteiger partial charge on any atom is 0.507 e. The third-order valence-corrected chi connectivity index (χ3v) is 3.32. The Bertz CT molecular complexity index is 503. The number of carbonyl (C=O) groups is 1. The summed E-state index contributed by atoms with van der Waals surface area (Å²) in [5.41, 5.74) is 1.29. The zero-order chi connectivity index (χ0) is 14.4. The van der Waals surface area contributed by atoms with Crippen molar-refractivity contribution in [2.24, 2.45) is 0 Å². The Kier molecular flexibility index (Phi) is 5.02. The van der Waals surface area contributed by atoms with Gasteiger partial charge in [-0.1, -0.05) is 72.3 Å². The van der Waals surface area contributed by atoms with Crippen molar-refractivity contribution in [3.05, 3.63) is 71.8 Å². The van der Waals surface area contributed by atoms with Crippen LogP contribution in [0.2, 0.25) is 0 Å². The van der Waals surface area contributed by atoms with Gasteiger partial charge in [-0.25, -0.2) is 4.79 Å². The van der Waals surface area contributed by atoms with Crippen LogP contribution < -0.4 is 0 Å². The van der Waals surface area contributed by atoms with E-state index in [0.717, 1.165) is 11.1 Å². The Morgan fingerprint density at radius 2 is 1.45 bits per heavy atom. The molecule has 0 heterocycles. The van der Waals surface area contributed by atoms with Gasteiger partial charge in [0.25, 0.3) is 0 Å². The molecule has 2 aromatic carbocycles. The highest BCUT2D eigenvalue weighted by atomic mass is 35.5. The molecular formula is C16H15ClO3. The highest BCUT2D eigenvalue weighted by molar-refractivity contribution is 6.20. The molecule has 0 spiro atoms. The van der Waals surface area contributed by atoms with Crippen LogP contribution in [0, 0.1) is 0 Å². The topological polar surface area (TPSA) is 46.5 Å². The van der Waals surface area contributed by atoms with Gasteiger partial charge in [0, 0.05) is 12.3 Å². The van der Waals surface area contributed by atoms with Gasteiger partial charge in [0.05, 0.1) is 0 Å². The van der Waals surface area contributed by atoms with Gasteiger partial charge in [-0.05, 0) is 11.1 Å². The smallest absolute Gasteiger partial charge is 0.450 e. The molecule has 1 unspecified atom stereocenters. The van der Waals surface area contributed by atoms with E-state index in [2.05, 4.69) is 4.74 Å². The third-order valence-electron chi connectivity index (χ3n) is 3.05. The first-order chi connectivity index (χ1) is 9.66. The van der Waals surface area contributed by atoms with Crippen LogP contribution in [0.4, 0.5) is 4.79 Å². The fourth-order valence-electron chi connectivity index (χ4n) is 2.18. The van der Waals surface area contributed by atoms with Gasteiger partial charge in [-0.3, -0.25) is 0 Å². The number of hydrogen-bond acceptors (Lipinski definition) is 2. The first-order valence-electron chi connectivity index (χ1n) is 6.30. The summed E-state index contributed by atoms with van der Waals surface area (Å²) in [6.45, 7) is 0. The normalized spacial score (nSPS) is 12.1. The van der Waals surface area contributed by atoms with Crippen molar-refractivity contribution in [1.82, 2.24) is 0 Å². The fourth-order valence-corrected chi connectivity index (χ4v) is 2.43. The van der Waals surface area contributed by atoms with E-state index < -0.39 is 11.7 Å². The summed E-state index contributed by atoms with van der Waals surface area (Å²) in [4.78, 5) is 10.6. The largest absolute Gasteiger partial charge is 0.507 e. The van der Waals surface area contributed by atoms with E-state index in [-0.39, 0.29) is 5.92 Å². The van der Waals surface area contributed by atoms with E-state index in [4.69, 9.17) is 16.7 Å². The Morgan fingerprint density at radius 3 is 1.85 bits per heavy atom. The number of ether oxygens (including phenoxy) is 1. The quantitative estimate of drug-likeness (QED) is 0.653. The molecule has 104 valence electrons. The zero-order valence-electron chi connectivity index (χ0n) is 10.8. The summed E-state index contributed by atoms with van der Waals surface area (Å²) in [5, 5.41) is 8.63. The number of halogens is 1. The van der Waals surface area contributed by atoms with Gasteiger partial charge in [0.2, 0.25) is 0 Å². The Balaban J connectivity index is 2.24. The van der Waals surface area contributed by atoms with Crippen molar-refractivity contribution in [2.45, 2.75) is 17.9 Å². The highest BCUT2D eigenvalue weighted by Crippen LogP contribution is 2.30. The van der Waals surface area contributed by atoms with Crippen LogP contribution >= 0.6 is 11.6 Å². The number of rotatable bonds is 5. The average molecular weight is 291 g/mol. The second kappa shape index (κ2) is 6.96. The van der Waals surface area contributed by atoms with E-state index in [0.29, 0.717) is 6.42 Å². The van der Waals surface area contributed by atoms with Gasteiger partial charge in [0.1, 0.15) is 0 Å². The lowest BCUT2D eigenvalue weighted by Gasteiger charge is -2.20. The maximum atomic E-state index is 10.6. The SMILES string of the molecule is O=C(O)OC(Cl)CC(c1ccccc1)c1ccccc1. The fraction of sp³-hybridized carbons (Fsp3) is 0.188. The number of benzene rings is 2. The molecule has 0 fully saturated rings. The zero-order valence-corrected chi connectivity index (χ0v) is 11.5. The molecule has 0 aliphatic heterocycles. The Labute approximate surface area is 122 Å². The van der Waals surface area contributed by atoms with Crippen molar-refractivity contribution >= 4 is 17.8 Å². The van der Waals surface area contributed by atoms with E-state index in [1.807, 2.05) is 60.7 Å².